The van der Waals surface area contributed by atoms with Gasteiger partial charge >= 0.3 is 0 Å². The summed E-state index contributed by atoms with van der Waals surface area (Å²) in [5, 5.41) is 0. The molecule has 0 nitrogen and oxygen atoms in total. The molecule has 0 amide bonds. The molecule has 2 saturated carbocycles. The van der Waals surface area contributed by atoms with Crippen molar-refractivity contribution >= 4 is 0 Å². The fraction of sp³-hybridized carbons (Fsp3) is 0.867. The highest BCUT2D eigenvalue weighted by atomic mass is 14.6. The maximum absolute atomic E-state index is 2.58. The molecule has 0 aliphatic heterocycles. The lowest BCUT2D eigenvalue weighted by Crippen LogP contribution is -2.28. The molecule has 4 atom stereocenters. The molecule has 15 heavy (non-hydrogen) atoms. The monoisotopic (exact) mass is 204 g/mol. The predicted molar refractivity (Wildman–Crippen MR) is 64.6 cm³/mol. The molecule has 0 heteroatoms. The summed E-state index contributed by atoms with van der Waals surface area (Å²) >= 11 is 0. The molecule has 0 spiro atoms. The van der Waals surface area contributed by atoms with Gasteiger partial charge in [0.2, 0.25) is 0 Å². The van der Waals surface area contributed by atoms with E-state index in [9.17, 15) is 0 Å². The van der Waals surface area contributed by atoms with Gasteiger partial charge in [-0.2, -0.15) is 0 Å². The minimum Gasteiger partial charge on any atom is -0.0882 e. The third-order valence-electron chi connectivity index (χ3n) is 5.69. The van der Waals surface area contributed by atoms with Crippen molar-refractivity contribution in [3.8, 4) is 0 Å². The summed E-state index contributed by atoms with van der Waals surface area (Å²) < 4.78 is 0. The van der Waals surface area contributed by atoms with Gasteiger partial charge in [-0.3, -0.25) is 0 Å². The highest BCUT2D eigenvalue weighted by Gasteiger charge is 2.54. The highest BCUT2D eigenvalue weighted by molar-refractivity contribution is 5.12. The zero-order chi connectivity index (χ0) is 10.5. The second kappa shape index (κ2) is 3.37. The molecule has 0 heterocycles. The molecule has 0 bridgehead atoms. The Morgan fingerprint density at radius 1 is 1.00 bits per heavy atom. The summed E-state index contributed by atoms with van der Waals surface area (Å²) in [6.07, 6.45) is 13.8. The molecule has 0 aromatic carbocycles. The Labute approximate surface area is 94.1 Å². The van der Waals surface area contributed by atoms with Crippen molar-refractivity contribution in [2.24, 2.45) is 29.1 Å². The first-order valence-electron chi connectivity index (χ1n) is 6.88. The zero-order valence-electron chi connectivity index (χ0n) is 10.2. The summed E-state index contributed by atoms with van der Waals surface area (Å²) in [5.74, 6) is 4.01. The van der Waals surface area contributed by atoms with Crippen LogP contribution < -0.4 is 0 Å². The Balaban J connectivity index is 1.96. The number of rotatable bonds is 0. The molecule has 84 valence electrons. The predicted octanol–water partition coefficient (Wildman–Crippen LogP) is 4.42. The summed E-state index contributed by atoms with van der Waals surface area (Å²) in [6, 6.07) is 0. The first-order chi connectivity index (χ1) is 7.21. The Morgan fingerprint density at radius 3 is 2.67 bits per heavy atom. The van der Waals surface area contributed by atoms with Crippen LogP contribution in [0.2, 0.25) is 0 Å². The fourth-order valence-electron chi connectivity index (χ4n) is 4.98. The van der Waals surface area contributed by atoms with Gasteiger partial charge < -0.3 is 0 Å². The largest absolute Gasteiger partial charge is 0.0882 e. The number of allylic oxidation sites excluding steroid dienone is 2. The van der Waals surface area contributed by atoms with E-state index in [1.54, 1.807) is 0 Å². The van der Waals surface area contributed by atoms with Crippen molar-refractivity contribution < 1.29 is 0 Å². The second-order valence-electron chi connectivity index (χ2n) is 6.57. The third kappa shape index (κ3) is 1.33. The van der Waals surface area contributed by atoms with Gasteiger partial charge in [0.05, 0.1) is 0 Å². The molecule has 0 aromatic heterocycles. The minimum atomic E-state index is 0.626. The topological polar surface area (TPSA) is 0 Å². The van der Waals surface area contributed by atoms with Crippen LogP contribution in [0.1, 0.15) is 52.4 Å². The van der Waals surface area contributed by atoms with Crippen LogP contribution in [0.25, 0.3) is 0 Å². The van der Waals surface area contributed by atoms with E-state index >= 15 is 0 Å². The van der Waals surface area contributed by atoms with E-state index in [0.717, 1.165) is 23.7 Å². The Kier molecular flexibility index (Phi) is 2.23. The van der Waals surface area contributed by atoms with Crippen LogP contribution in [0, 0.1) is 29.1 Å². The Morgan fingerprint density at radius 2 is 1.80 bits per heavy atom. The molecule has 0 radical (unpaired) electrons. The van der Waals surface area contributed by atoms with Gasteiger partial charge in [-0.25, -0.2) is 0 Å². The molecular weight excluding hydrogens is 180 g/mol. The zero-order valence-corrected chi connectivity index (χ0v) is 10.2. The fourth-order valence-corrected chi connectivity index (χ4v) is 4.98. The molecule has 0 aromatic rings. The van der Waals surface area contributed by atoms with Crippen molar-refractivity contribution in [3.05, 3.63) is 12.2 Å². The van der Waals surface area contributed by atoms with Crippen molar-refractivity contribution in [2.75, 3.05) is 0 Å². The summed E-state index contributed by atoms with van der Waals surface area (Å²) in [4.78, 5) is 0. The van der Waals surface area contributed by atoms with Crippen LogP contribution in [0.5, 0.6) is 0 Å². The molecular formula is C15H24. The molecule has 2 fully saturated rings. The lowest BCUT2D eigenvalue weighted by atomic mass is 9.68. The third-order valence-corrected chi connectivity index (χ3v) is 5.69. The molecule has 0 N–H and O–H groups in total. The van der Waals surface area contributed by atoms with E-state index in [4.69, 9.17) is 0 Å². The number of fused-ring (bicyclic) bond motifs is 3. The van der Waals surface area contributed by atoms with Crippen LogP contribution >= 0.6 is 0 Å². The molecule has 3 aliphatic carbocycles. The van der Waals surface area contributed by atoms with Gasteiger partial charge in [0, 0.05) is 0 Å². The Hall–Kier alpha value is -0.260. The van der Waals surface area contributed by atoms with Crippen LogP contribution in [0.15, 0.2) is 12.2 Å². The number of hydrogen-bond acceptors (Lipinski definition) is 0. The van der Waals surface area contributed by atoms with Gasteiger partial charge in [0.25, 0.3) is 0 Å². The van der Waals surface area contributed by atoms with Gasteiger partial charge in [0.1, 0.15) is 0 Å². The SMILES string of the molecule is CC1(C)C2CCC=CC2C2CCCCC21. The van der Waals surface area contributed by atoms with Crippen LogP contribution in [-0.2, 0) is 0 Å². The average molecular weight is 204 g/mol. The van der Waals surface area contributed by atoms with Gasteiger partial charge in [-0.1, -0.05) is 38.8 Å². The maximum atomic E-state index is 2.58. The average Bonchev–Trinajstić information content (AvgIpc) is 2.51. The van der Waals surface area contributed by atoms with Crippen molar-refractivity contribution in [1.29, 1.82) is 0 Å². The van der Waals surface area contributed by atoms with E-state index in [0.29, 0.717) is 5.41 Å². The molecule has 3 aliphatic rings. The summed E-state index contributed by atoms with van der Waals surface area (Å²) in [7, 11) is 0. The van der Waals surface area contributed by atoms with Gasteiger partial charge in [-0.05, 0) is 54.8 Å². The second-order valence-corrected chi connectivity index (χ2v) is 6.57. The van der Waals surface area contributed by atoms with E-state index in [2.05, 4.69) is 26.0 Å². The van der Waals surface area contributed by atoms with Crippen molar-refractivity contribution in [2.45, 2.75) is 52.4 Å². The van der Waals surface area contributed by atoms with Crippen LogP contribution in [0.3, 0.4) is 0 Å². The summed E-state index contributed by atoms with van der Waals surface area (Å²) in [6.45, 7) is 5.11. The van der Waals surface area contributed by atoms with E-state index in [1.165, 1.54) is 38.5 Å². The van der Waals surface area contributed by atoms with E-state index in [-0.39, 0.29) is 0 Å². The van der Waals surface area contributed by atoms with Crippen LogP contribution in [0.4, 0.5) is 0 Å². The Bertz CT molecular complexity index is 274. The molecule has 0 saturated heterocycles. The van der Waals surface area contributed by atoms with Gasteiger partial charge in [-0.15, -0.1) is 0 Å². The highest BCUT2D eigenvalue weighted by Crippen LogP contribution is 2.61. The van der Waals surface area contributed by atoms with Crippen LogP contribution in [-0.4, -0.2) is 0 Å². The minimum absolute atomic E-state index is 0.626. The number of hydrogen-bond donors (Lipinski definition) is 0. The van der Waals surface area contributed by atoms with Crippen molar-refractivity contribution in [1.82, 2.24) is 0 Å². The summed E-state index contributed by atoms with van der Waals surface area (Å²) in [5.41, 5.74) is 0.626. The quantitative estimate of drug-likeness (QED) is 0.513. The lowest BCUT2D eigenvalue weighted by molar-refractivity contribution is 0.131. The van der Waals surface area contributed by atoms with E-state index < -0.39 is 0 Å². The smallest absolute Gasteiger partial charge is 0.0169 e. The maximum Gasteiger partial charge on any atom is -0.0169 e. The first-order valence-corrected chi connectivity index (χ1v) is 6.88. The van der Waals surface area contributed by atoms with Crippen molar-refractivity contribution in [3.63, 3.8) is 0 Å². The molecule has 3 rings (SSSR count). The standard InChI is InChI=1S/C15H24/c1-15(2)13-9-5-3-7-11(13)12-8-4-6-10-14(12)15/h3,7,11-14H,4-6,8-10H2,1-2H3. The normalized spacial score (nSPS) is 47.3. The van der Waals surface area contributed by atoms with E-state index in [1.807, 2.05) is 0 Å². The molecule has 4 unspecified atom stereocenters. The first kappa shape index (κ1) is 9.93. The lowest BCUT2D eigenvalue weighted by Gasteiger charge is -2.36. The van der Waals surface area contributed by atoms with Gasteiger partial charge in [0.15, 0.2) is 0 Å².